The molecule has 1 amide bonds. The second kappa shape index (κ2) is 5.35. The lowest BCUT2D eigenvalue weighted by Gasteiger charge is -2.24. The van der Waals surface area contributed by atoms with Crippen LogP contribution in [0.5, 0.6) is 0 Å². The number of ketones is 1. The van der Waals surface area contributed by atoms with Gasteiger partial charge in [0.2, 0.25) is 5.91 Å². The van der Waals surface area contributed by atoms with Crippen LogP contribution in [-0.2, 0) is 9.59 Å². The number of nitrogens with zero attached hydrogens (tertiary/aromatic N) is 2. The van der Waals surface area contributed by atoms with Crippen LogP contribution in [0.2, 0.25) is 0 Å². The van der Waals surface area contributed by atoms with Gasteiger partial charge in [-0.3, -0.25) is 14.5 Å². The van der Waals surface area contributed by atoms with E-state index in [9.17, 15) is 9.59 Å². The molecule has 5 heteroatoms. The fourth-order valence-electron chi connectivity index (χ4n) is 1.44. The fourth-order valence-corrected chi connectivity index (χ4v) is 1.44. The van der Waals surface area contributed by atoms with Crippen LogP contribution in [0.4, 0.5) is 0 Å². The molecule has 0 bridgehead atoms. The molecule has 0 spiro atoms. The predicted molar refractivity (Wildman–Crippen MR) is 49.3 cm³/mol. The third kappa shape index (κ3) is 3.54. The number of nitrogens with one attached hydrogen (secondary N) is 1. The SMILES string of the molecule is N#CCNC(=O)CN1CCCC(=O)C1. The predicted octanol–water partition coefficient (Wildman–Crippen LogP) is -0.709. The smallest absolute Gasteiger partial charge is 0.235 e. The molecule has 1 aliphatic rings. The van der Waals surface area contributed by atoms with Gasteiger partial charge >= 0.3 is 0 Å². The number of likely N-dealkylation sites (tertiary alicyclic amines) is 1. The third-order valence-electron chi connectivity index (χ3n) is 2.06. The fraction of sp³-hybridized carbons (Fsp3) is 0.667. The summed E-state index contributed by atoms with van der Waals surface area (Å²) in [7, 11) is 0. The first-order valence-corrected chi connectivity index (χ1v) is 4.60. The summed E-state index contributed by atoms with van der Waals surface area (Å²) in [6, 6.07) is 1.83. The highest BCUT2D eigenvalue weighted by Gasteiger charge is 2.18. The summed E-state index contributed by atoms with van der Waals surface area (Å²) >= 11 is 0. The molecule has 1 saturated heterocycles. The zero-order valence-electron chi connectivity index (χ0n) is 7.95. The Hall–Kier alpha value is -1.41. The molecule has 0 aromatic rings. The number of hydrogen-bond acceptors (Lipinski definition) is 4. The second-order valence-electron chi connectivity index (χ2n) is 3.29. The summed E-state index contributed by atoms with van der Waals surface area (Å²) in [5, 5.41) is 10.7. The average molecular weight is 195 g/mol. The number of carbonyl (C=O) groups excluding carboxylic acids is 2. The van der Waals surface area contributed by atoms with Gasteiger partial charge in [0, 0.05) is 6.42 Å². The zero-order chi connectivity index (χ0) is 10.4. The summed E-state index contributed by atoms with van der Waals surface area (Å²) in [4.78, 5) is 24.0. The highest BCUT2D eigenvalue weighted by molar-refractivity contribution is 5.83. The Labute approximate surface area is 82.7 Å². The molecule has 5 nitrogen and oxygen atoms in total. The van der Waals surface area contributed by atoms with Crippen molar-refractivity contribution in [3.05, 3.63) is 0 Å². The Bertz CT molecular complexity index is 270. The van der Waals surface area contributed by atoms with Crippen LogP contribution in [-0.4, -0.2) is 42.8 Å². The maximum Gasteiger partial charge on any atom is 0.235 e. The molecule has 1 fully saturated rings. The average Bonchev–Trinajstić information content (AvgIpc) is 2.15. The van der Waals surface area contributed by atoms with E-state index in [1.54, 1.807) is 4.90 Å². The number of carbonyl (C=O) groups is 2. The minimum absolute atomic E-state index is 0.0284. The number of amides is 1. The molecule has 0 aliphatic carbocycles. The normalized spacial score (nSPS) is 17.5. The molecule has 76 valence electrons. The van der Waals surface area contributed by atoms with Gasteiger partial charge in [0.05, 0.1) is 19.2 Å². The molecule has 1 aliphatic heterocycles. The first kappa shape index (κ1) is 10.7. The van der Waals surface area contributed by atoms with Crippen LogP contribution in [0.1, 0.15) is 12.8 Å². The molecule has 0 saturated carbocycles. The van der Waals surface area contributed by atoms with Gasteiger partial charge in [-0.2, -0.15) is 5.26 Å². The maximum atomic E-state index is 11.2. The molecule has 0 atom stereocenters. The van der Waals surface area contributed by atoms with Crippen LogP contribution in [0, 0.1) is 11.3 Å². The van der Waals surface area contributed by atoms with E-state index in [1.807, 2.05) is 6.07 Å². The van der Waals surface area contributed by atoms with Crippen LogP contribution in [0.15, 0.2) is 0 Å². The van der Waals surface area contributed by atoms with Crippen molar-refractivity contribution in [2.24, 2.45) is 0 Å². The highest BCUT2D eigenvalue weighted by atomic mass is 16.2. The molecule has 1 N–H and O–H groups in total. The van der Waals surface area contributed by atoms with Crippen molar-refractivity contribution < 1.29 is 9.59 Å². The molecule has 0 unspecified atom stereocenters. The highest BCUT2D eigenvalue weighted by Crippen LogP contribution is 2.04. The second-order valence-corrected chi connectivity index (χ2v) is 3.29. The molecular formula is C9H13N3O2. The number of hydrogen-bond donors (Lipinski definition) is 1. The molecule has 1 heterocycles. The minimum atomic E-state index is -0.193. The maximum absolute atomic E-state index is 11.2. The van der Waals surface area contributed by atoms with Gasteiger partial charge in [0.1, 0.15) is 12.3 Å². The third-order valence-corrected chi connectivity index (χ3v) is 2.06. The largest absolute Gasteiger partial charge is 0.342 e. The lowest BCUT2D eigenvalue weighted by molar-refractivity contribution is -0.125. The Morgan fingerprint density at radius 2 is 2.43 bits per heavy atom. The summed E-state index contributed by atoms with van der Waals surface area (Å²) in [5.74, 6) is -0.00872. The van der Waals surface area contributed by atoms with E-state index in [2.05, 4.69) is 5.32 Å². The van der Waals surface area contributed by atoms with E-state index in [-0.39, 0.29) is 24.8 Å². The number of rotatable bonds is 3. The zero-order valence-corrected chi connectivity index (χ0v) is 7.95. The number of Topliss-reactive ketones (excluding diaryl/α,β-unsaturated/α-hetero) is 1. The van der Waals surface area contributed by atoms with E-state index < -0.39 is 0 Å². The number of nitriles is 1. The van der Waals surface area contributed by atoms with Crippen molar-refractivity contribution in [2.75, 3.05) is 26.2 Å². The van der Waals surface area contributed by atoms with Gasteiger partial charge in [-0.25, -0.2) is 0 Å². The standard InChI is InChI=1S/C9H13N3O2/c10-3-4-11-9(14)7-12-5-1-2-8(13)6-12/h1-2,4-7H2,(H,11,14). The summed E-state index contributed by atoms with van der Waals surface area (Å²) in [5.41, 5.74) is 0. The van der Waals surface area contributed by atoms with Crippen molar-refractivity contribution in [2.45, 2.75) is 12.8 Å². The van der Waals surface area contributed by atoms with E-state index in [1.165, 1.54) is 0 Å². The first-order valence-electron chi connectivity index (χ1n) is 4.60. The molecule has 14 heavy (non-hydrogen) atoms. The number of piperidine rings is 1. The van der Waals surface area contributed by atoms with Crippen molar-refractivity contribution >= 4 is 11.7 Å². The van der Waals surface area contributed by atoms with Gasteiger partial charge in [-0.1, -0.05) is 0 Å². The van der Waals surface area contributed by atoms with Crippen molar-refractivity contribution in [3.8, 4) is 6.07 Å². The van der Waals surface area contributed by atoms with Gasteiger partial charge in [-0.05, 0) is 13.0 Å². The molecule has 0 aromatic carbocycles. The molecule has 0 radical (unpaired) electrons. The van der Waals surface area contributed by atoms with E-state index in [0.717, 1.165) is 13.0 Å². The monoisotopic (exact) mass is 195 g/mol. The van der Waals surface area contributed by atoms with Gasteiger partial charge in [-0.15, -0.1) is 0 Å². The van der Waals surface area contributed by atoms with Crippen LogP contribution in [0.3, 0.4) is 0 Å². The molecule has 0 aromatic heterocycles. The summed E-state index contributed by atoms with van der Waals surface area (Å²) in [6.07, 6.45) is 1.45. The van der Waals surface area contributed by atoms with Gasteiger partial charge < -0.3 is 5.32 Å². The Morgan fingerprint density at radius 3 is 3.07 bits per heavy atom. The minimum Gasteiger partial charge on any atom is -0.342 e. The van der Waals surface area contributed by atoms with E-state index in [4.69, 9.17) is 5.26 Å². The van der Waals surface area contributed by atoms with Gasteiger partial charge in [0.25, 0.3) is 0 Å². The Balaban J connectivity index is 2.26. The van der Waals surface area contributed by atoms with Crippen LogP contribution < -0.4 is 5.32 Å². The Morgan fingerprint density at radius 1 is 1.64 bits per heavy atom. The van der Waals surface area contributed by atoms with Crippen molar-refractivity contribution in [3.63, 3.8) is 0 Å². The quantitative estimate of drug-likeness (QED) is 0.604. The first-order chi connectivity index (χ1) is 6.72. The summed E-state index contributed by atoms with van der Waals surface area (Å²) < 4.78 is 0. The van der Waals surface area contributed by atoms with E-state index >= 15 is 0 Å². The van der Waals surface area contributed by atoms with Crippen LogP contribution >= 0.6 is 0 Å². The topological polar surface area (TPSA) is 73.2 Å². The molecule has 1 rings (SSSR count). The lowest BCUT2D eigenvalue weighted by Crippen LogP contribution is -2.42. The Kier molecular flexibility index (Phi) is 4.08. The van der Waals surface area contributed by atoms with Crippen molar-refractivity contribution in [1.82, 2.24) is 10.2 Å². The molecular weight excluding hydrogens is 182 g/mol. The van der Waals surface area contributed by atoms with E-state index in [0.29, 0.717) is 13.0 Å². The van der Waals surface area contributed by atoms with Gasteiger partial charge in [0.15, 0.2) is 0 Å². The van der Waals surface area contributed by atoms with Crippen molar-refractivity contribution in [1.29, 1.82) is 5.26 Å². The lowest BCUT2D eigenvalue weighted by atomic mass is 10.1. The van der Waals surface area contributed by atoms with Crippen LogP contribution in [0.25, 0.3) is 0 Å². The summed E-state index contributed by atoms with van der Waals surface area (Å²) in [6.45, 7) is 1.39.